The van der Waals surface area contributed by atoms with Gasteiger partial charge in [-0.25, -0.2) is 4.79 Å². The third-order valence-electron chi connectivity index (χ3n) is 15.6. The number of Topliss-reactive ketones (excluding diaryl/α,β-unsaturated/α-hetero) is 1. The topological polar surface area (TPSA) is 122 Å². The highest BCUT2D eigenvalue weighted by molar-refractivity contribution is 6.02. The van der Waals surface area contributed by atoms with E-state index in [1.165, 1.54) is 5.57 Å². The fourth-order valence-corrected chi connectivity index (χ4v) is 12.6. The number of carbonyl (C=O) groups is 4. The molecular weight excluding hydrogens is 604 g/mol. The Kier molecular flexibility index (Phi) is 8.55. The zero-order valence-corrected chi connectivity index (χ0v) is 31.1. The summed E-state index contributed by atoms with van der Waals surface area (Å²) in [7, 11) is 0. The maximum absolute atomic E-state index is 13.8. The van der Waals surface area contributed by atoms with Crippen LogP contribution in [0.25, 0.3) is 0 Å². The van der Waals surface area contributed by atoms with Gasteiger partial charge >= 0.3 is 18.0 Å². The first kappa shape index (κ1) is 35.4. The summed E-state index contributed by atoms with van der Waals surface area (Å²) in [4.78, 5) is 52.0. The van der Waals surface area contributed by atoms with Crippen LogP contribution in [0.3, 0.4) is 0 Å². The minimum absolute atomic E-state index is 0.00447. The average molecular weight is 667 g/mol. The molecule has 8 atom stereocenters. The molecule has 3 N–H and O–H groups in total. The van der Waals surface area contributed by atoms with Crippen molar-refractivity contribution < 1.29 is 29.0 Å². The summed E-state index contributed by atoms with van der Waals surface area (Å²) >= 11 is 0. The van der Waals surface area contributed by atoms with E-state index in [1.807, 2.05) is 0 Å². The van der Waals surface area contributed by atoms with Crippen molar-refractivity contribution in [2.45, 2.75) is 163 Å². The van der Waals surface area contributed by atoms with Crippen molar-refractivity contribution >= 4 is 23.8 Å². The van der Waals surface area contributed by atoms with E-state index < -0.39 is 22.9 Å². The van der Waals surface area contributed by atoms with Gasteiger partial charge in [0.05, 0.1) is 17.4 Å². The van der Waals surface area contributed by atoms with Crippen LogP contribution in [0.5, 0.6) is 0 Å². The molecule has 0 aromatic carbocycles. The number of carbonyl (C=O) groups excluding carboxylic acids is 3. The highest BCUT2D eigenvalue weighted by Gasteiger charge is 2.70. The number of hydrogen-bond donors (Lipinski definition) is 3. The Morgan fingerprint density at radius 2 is 1.58 bits per heavy atom. The molecule has 48 heavy (non-hydrogen) atoms. The predicted molar refractivity (Wildman–Crippen MR) is 185 cm³/mol. The van der Waals surface area contributed by atoms with E-state index in [2.05, 4.69) is 59.1 Å². The van der Waals surface area contributed by atoms with Gasteiger partial charge in [-0.1, -0.05) is 48.5 Å². The molecule has 2 amide bonds. The third-order valence-corrected chi connectivity index (χ3v) is 15.6. The number of amides is 2. The number of aliphatic carboxylic acids is 1. The number of allylic oxidation sites excluding steroid dienone is 1. The molecule has 5 saturated carbocycles. The lowest BCUT2D eigenvalue weighted by atomic mass is 9.33. The number of rotatable bonds is 7. The molecule has 0 spiro atoms. The van der Waals surface area contributed by atoms with Gasteiger partial charge in [0.25, 0.3) is 0 Å². The second-order valence-corrected chi connectivity index (χ2v) is 19.2. The zero-order chi connectivity index (χ0) is 35.2. The maximum atomic E-state index is 13.8. The predicted octanol–water partition coefficient (Wildman–Crippen LogP) is 7.98. The maximum Gasteiger partial charge on any atom is 0.315 e. The monoisotopic (exact) mass is 666 g/mol. The minimum atomic E-state index is -1.16. The smallest absolute Gasteiger partial charge is 0.315 e. The molecule has 6 aliphatic carbocycles. The highest BCUT2D eigenvalue weighted by atomic mass is 16.5. The van der Waals surface area contributed by atoms with E-state index in [-0.39, 0.29) is 63.9 Å². The van der Waals surface area contributed by atoms with Gasteiger partial charge in [0, 0.05) is 17.9 Å². The Morgan fingerprint density at radius 3 is 2.19 bits per heavy atom. The number of esters is 1. The fourth-order valence-electron chi connectivity index (χ4n) is 12.6. The summed E-state index contributed by atoms with van der Waals surface area (Å²) < 4.78 is 6.14. The second-order valence-electron chi connectivity index (χ2n) is 19.2. The van der Waals surface area contributed by atoms with Gasteiger partial charge in [-0.3, -0.25) is 14.4 Å². The van der Waals surface area contributed by atoms with Gasteiger partial charge in [-0.15, -0.1) is 0 Å². The number of fused-ring (bicyclic) bond motifs is 7. The molecule has 0 saturated heterocycles. The van der Waals surface area contributed by atoms with Crippen molar-refractivity contribution in [3.8, 4) is 0 Å². The first-order valence-corrected chi connectivity index (χ1v) is 19.0. The molecule has 0 radical (unpaired) electrons. The van der Waals surface area contributed by atoms with Crippen LogP contribution in [-0.2, 0) is 19.1 Å². The van der Waals surface area contributed by atoms with Gasteiger partial charge < -0.3 is 20.5 Å². The Labute approximate surface area is 288 Å². The molecule has 0 aromatic heterocycles. The lowest BCUT2D eigenvalue weighted by Crippen LogP contribution is -2.67. The summed E-state index contributed by atoms with van der Waals surface area (Å²) in [5.74, 6) is 0.0535. The van der Waals surface area contributed by atoms with Gasteiger partial charge in [0.15, 0.2) is 5.78 Å². The third kappa shape index (κ3) is 5.18. The van der Waals surface area contributed by atoms with Crippen molar-refractivity contribution in [2.75, 3.05) is 0 Å². The summed E-state index contributed by atoms with van der Waals surface area (Å²) in [6.07, 6.45) is 11.0. The Morgan fingerprint density at radius 1 is 0.896 bits per heavy atom. The van der Waals surface area contributed by atoms with Crippen molar-refractivity contribution in [1.82, 2.24) is 10.6 Å². The molecule has 8 nitrogen and oxygen atoms in total. The van der Waals surface area contributed by atoms with Crippen LogP contribution >= 0.6 is 0 Å². The lowest BCUT2D eigenvalue weighted by Gasteiger charge is -2.72. The fraction of sp³-hybridized carbons (Fsp3) is 0.850. The number of ketones is 1. The summed E-state index contributed by atoms with van der Waals surface area (Å²) in [5.41, 5.74) is 0.386. The van der Waals surface area contributed by atoms with Crippen molar-refractivity contribution in [3.63, 3.8) is 0 Å². The molecule has 0 aromatic rings. The van der Waals surface area contributed by atoms with Gasteiger partial charge in [-0.05, 0) is 136 Å². The van der Waals surface area contributed by atoms with Crippen LogP contribution in [0.1, 0.15) is 146 Å². The Balaban J connectivity index is 1.28. The van der Waals surface area contributed by atoms with Crippen LogP contribution in [0, 0.1) is 50.7 Å². The quantitative estimate of drug-likeness (QED) is 0.237. The van der Waals surface area contributed by atoms with Crippen molar-refractivity contribution in [2.24, 2.45) is 50.7 Å². The Bertz CT molecular complexity index is 1410. The largest absolute Gasteiger partial charge is 0.481 e. The molecule has 268 valence electrons. The minimum Gasteiger partial charge on any atom is -0.481 e. The number of ether oxygens (including phenoxy) is 1. The number of hydrogen-bond acceptors (Lipinski definition) is 5. The molecule has 0 aliphatic heterocycles. The first-order valence-electron chi connectivity index (χ1n) is 19.0. The Hall–Kier alpha value is -2.38. The summed E-state index contributed by atoms with van der Waals surface area (Å²) in [6.45, 7) is 19.6. The number of carboxylic acids is 1. The average Bonchev–Trinajstić information content (AvgIpc) is 3.24. The summed E-state index contributed by atoms with van der Waals surface area (Å²) in [6, 6.07) is 0.131. The standard InChI is InChI=1S/C40H62N2O6/c1-23(2)31-26(43)21-40(42-34(47)41-24-11-10-12-24)20-19-38(8)25(32(31)40)13-14-28-37(7)17-16-29(48-30(44)22-35(3,4)33(45)46)36(5,6)27(37)15-18-39(28,38)9/h23-25,27-29H,10-22H2,1-9H3,(H,45,46)(H2,41,42,47)/t25-,27+,28-,29+,37+,38-,39-,40-/m1/s1. The zero-order valence-electron chi connectivity index (χ0n) is 31.1. The second kappa shape index (κ2) is 11.6. The van der Waals surface area contributed by atoms with E-state index in [0.29, 0.717) is 18.3 Å². The molecule has 6 aliphatic rings. The molecular formula is C40H62N2O6. The number of carboxylic acid groups (broad SMARTS) is 1. The van der Waals surface area contributed by atoms with Crippen molar-refractivity contribution in [1.29, 1.82) is 0 Å². The number of urea groups is 1. The van der Waals surface area contributed by atoms with Crippen LogP contribution in [0.15, 0.2) is 11.1 Å². The van der Waals surface area contributed by atoms with Crippen LogP contribution < -0.4 is 10.6 Å². The van der Waals surface area contributed by atoms with E-state index >= 15 is 0 Å². The van der Waals surface area contributed by atoms with Crippen molar-refractivity contribution in [3.05, 3.63) is 11.1 Å². The van der Waals surface area contributed by atoms with E-state index in [4.69, 9.17) is 4.74 Å². The van der Waals surface area contributed by atoms with Crippen LogP contribution in [-0.4, -0.2) is 46.5 Å². The molecule has 0 bridgehead atoms. The number of nitrogens with one attached hydrogen (secondary N) is 2. The molecule has 8 heteroatoms. The van der Waals surface area contributed by atoms with Crippen LogP contribution in [0.2, 0.25) is 0 Å². The molecule has 0 unspecified atom stereocenters. The molecule has 6 rings (SSSR count). The normalized spacial score (nSPS) is 40.6. The SMILES string of the molecule is CC(C)C1=C2[C@H]3CC[C@@H]4[C@@]5(C)CC[C@H](OC(=O)CC(C)(C)C(=O)O)C(C)(C)[C@@H]5CC[C@@]4(C)[C@]3(C)CC[C@@]2(NC(=O)NC2CCC2)CC1=O. The van der Waals surface area contributed by atoms with Crippen LogP contribution in [0.4, 0.5) is 4.79 Å². The summed E-state index contributed by atoms with van der Waals surface area (Å²) in [5, 5.41) is 16.2. The molecule has 5 fully saturated rings. The first-order chi connectivity index (χ1) is 22.2. The van der Waals surface area contributed by atoms with Gasteiger partial charge in [0.2, 0.25) is 0 Å². The molecule has 0 heterocycles. The van der Waals surface area contributed by atoms with E-state index in [0.717, 1.165) is 76.2 Å². The lowest BCUT2D eigenvalue weighted by molar-refractivity contribution is -0.232. The van der Waals surface area contributed by atoms with Gasteiger partial charge in [0.1, 0.15) is 6.10 Å². The van der Waals surface area contributed by atoms with E-state index in [1.54, 1.807) is 13.8 Å². The van der Waals surface area contributed by atoms with E-state index in [9.17, 15) is 24.3 Å². The van der Waals surface area contributed by atoms with Gasteiger partial charge in [-0.2, -0.15) is 0 Å². The highest BCUT2D eigenvalue weighted by Crippen LogP contribution is 2.76.